The molecule has 39 heavy (non-hydrogen) atoms. The Morgan fingerprint density at radius 3 is 2.87 bits per heavy atom. The molecule has 198 valence electrons. The number of amidine groups is 1. The van der Waals surface area contributed by atoms with Gasteiger partial charge >= 0.3 is 0 Å². The molecule has 0 aliphatic carbocycles. The molecule has 5 rings (SSSR count). The lowest BCUT2D eigenvalue weighted by Gasteiger charge is -2.19. The Balaban J connectivity index is 1.39. The molecule has 0 fully saturated rings. The van der Waals surface area contributed by atoms with Crippen molar-refractivity contribution in [3.8, 4) is 0 Å². The first-order valence-electron chi connectivity index (χ1n) is 13.0. The summed E-state index contributed by atoms with van der Waals surface area (Å²) in [4.78, 5) is 31.2. The van der Waals surface area contributed by atoms with Crippen LogP contribution in [-0.4, -0.2) is 28.1 Å². The van der Waals surface area contributed by atoms with E-state index in [1.165, 1.54) is 5.56 Å². The number of aryl methyl sites for hydroxylation is 1. The summed E-state index contributed by atoms with van der Waals surface area (Å²) in [5, 5.41) is 14.6. The van der Waals surface area contributed by atoms with Crippen molar-refractivity contribution in [3.05, 3.63) is 112 Å². The first-order valence-corrected chi connectivity index (χ1v) is 13.0. The molecule has 9 nitrogen and oxygen atoms in total. The van der Waals surface area contributed by atoms with Gasteiger partial charge in [-0.15, -0.1) is 4.91 Å². The molecule has 0 bridgehead atoms. The average molecular weight is 522 g/mol. The minimum Gasteiger partial charge on any atom is -0.364 e. The molecule has 1 aromatic heterocycles. The zero-order chi connectivity index (χ0) is 27.4. The van der Waals surface area contributed by atoms with Crippen molar-refractivity contribution in [3.63, 3.8) is 0 Å². The zero-order valence-electron chi connectivity index (χ0n) is 22.1. The molecule has 9 heteroatoms. The first-order chi connectivity index (χ1) is 19.0. The Morgan fingerprint density at radius 1 is 1.23 bits per heavy atom. The topological polar surface area (TPSA) is 104 Å². The van der Waals surface area contributed by atoms with Crippen LogP contribution in [-0.2, 0) is 37.8 Å². The highest BCUT2D eigenvalue weighted by molar-refractivity contribution is 6.05. The van der Waals surface area contributed by atoms with E-state index in [4.69, 9.17) is 4.99 Å². The van der Waals surface area contributed by atoms with Gasteiger partial charge in [-0.3, -0.25) is 14.4 Å². The standard InChI is InChI=1S/C30H31N7O2/c1-4-9-23(37-26-13-7-6-10-21(26)17-27(37)38)11-8-12-25-28(35-39)29(36(3)34-25)30-32-19-22-16-20(18-31-5-2)14-15-24(22)33-30/h4,6-11,13-16,31H,1,5,12,17-19H2,2-3H3,(H,32,33)/b11-8-,23-9+. The molecule has 0 unspecified atom stereocenters. The van der Waals surface area contributed by atoms with Gasteiger partial charge in [0.15, 0.2) is 11.5 Å². The Hall–Kier alpha value is -4.63. The lowest BCUT2D eigenvalue weighted by Crippen LogP contribution is -2.29. The smallest absolute Gasteiger partial charge is 0.236 e. The van der Waals surface area contributed by atoms with Gasteiger partial charge in [0.25, 0.3) is 0 Å². The number of nitrogens with one attached hydrogen (secondary N) is 2. The van der Waals surface area contributed by atoms with Crippen molar-refractivity contribution < 1.29 is 4.79 Å². The van der Waals surface area contributed by atoms with Crippen molar-refractivity contribution >= 4 is 28.8 Å². The highest BCUT2D eigenvalue weighted by Gasteiger charge is 2.28. The maximum atomic E-state index is 12.8. The van der Waals surface area contributed by atoms with Crippen molar-refractivity contribution in [1.29, 1.82) is 0 Å². The normalized spacial score (nSPS) is 14.7. The van der Waals surface area contributed by atoms with Crippen molar-refractivity contribution in [2.24, 2.45) is 17.2 Å². The molecule has 0 saturated carbocycles. The van der Waals surface area contributed by atoms with Crippen LogP contribution in [0.5, 0.6) is 0 Å². The number of allylic oxidation sites excluding steroid dienone is 4. The molecule has 3 aromatic rings. The largest absolute Gasteiger partial charge is 0.364 e. The Morgan fingerprint density at radius 2 is 2.08 bits per heavy atom. The molecule has 0 radical (unpaired) electrons. The quantitative estimate of drug-likeness (QED) is 0.293. The first kappa shape index (κ1) is 26.0. The highest BCUT2D eigenvalue weighted by atomic mass is 16.3. The van der Waals surface area contributed by atoms with Gasteiger partial charge in [-0.2, -0.15) is 5.10 Å². The maximum Gasteiger partial charge on any atom is 0.236 e. The maximum absolute atomic E-state index is 12.8. The van der Waals surface area contributed by atoms with Crippen LogP contribution in [0.25, 0.3) is 0 Å². The van der Waals surface area contributed by atoms with Crippen LogP contribution < -0.4 is 15.5 Å². The summed E-state index contributed by atoms with van der Waals surface area (Å²) in [5.74, 6) is 0.563. The van der Waals surface area contributed by atoms with Gasteiger partial charge in [0.2, 0.25) is 5.91 Å². The van der Waals surface area contributed by atoms with E-state index in [0.717, 1.165) is 35.6 Å². The lowest BCUT2D eigenvalue weighted by molar-refractivity contribution is -0.116. The van der Waals surface area contributed by atoms with Crippen LogP contribution >= 0.6 is 0 Å². The van der Waals surface area contributed by atoms with Gasteiger partial charge in [-0.25, -0.2) is 4.99 Å². The average Bonchev–Trinajstić information content (AvgIpc) is 3.45. The minimum atomic E-state index is -0.000248. The van der Waals surface area contributed by atoms with Crippen molar-refractivity contribution in [1.82, 2.24) is 20.4 Å². The number of hydrogen-bond acceptors (Lipinski definition) is 7. The second-order valence-electron chi connectivity index (χ2n) is 9.38. The third-order valence-corrected chi connectivity index (χ3v) is 6.78. The SMILES string of the molecule is C=C/C=C(\C=C/Cc1nn(C)c(C2=Nc3ccc(CNCC)cc3CN2)c1N=O)N1C(=O)Cc2ccccc21. The Bertz CT molecular complexity index is 1530. The summed E-state index contributed by atoms with van der Waals surface area (Å²) in [5.41, 5.74) is 7.03. The summed E-state index contributed by atoms with van der Waals surface area (Å²) >= 11 is 0. The van der Waals surface area contributed by atoms with Crippen molar-refractivity contribution in [2.45, 2.75) is 32.9 Å². The number of amides is 1. The third kappa shape index (κ3) is 5.21. The number of rotatable bonds is 10. The predicted octanol–water partition coefficient (Wildman–Crippen LogP) is 4.87. The number of nitroso groups, excluding NO2 is 1. The number of hydrogen-bond donors (Lipinski definition) is 2. The van der Waals surface area contributed by atoms with Gasteiger partial charge in [0, 0.05) is 32.3 Å². The van der Waals surface area contributed by atoms with E-state index in [1.54, 1.807) is 28.8 Å². The monoisotopic (exact) mass is 521 g/mol. The summed E-state index contributed by atoms with van der Waals surface area (Å²) in [6, 6.07) is 13.9. The van der Waals surface area contributed by atoms with E-state index in [1.807, 2.05) is 42.5 Å². The summed E-state index contributed by atoms with van der Waals surface area (Å²) in [6.07, 6.45) is 7.88. The second kappa shape index (κ2) is 11.4. The summed E-state index contributed by atoms with van der Waals surface area (Å²) in [7, 11) is 1.78. The highest BCUT2D eigenvalue weighted by Crippen LogP contribution is 2.33. The fourth-order valence-corrected chi connectivity index (χ4v) is 4.97. The number of para-hydroxylation sites is 1. The van der Waals surface area contributed by atoms with E-state index in [-0.39, 0.29) is 11.6 Å². The molecular formula is C30H31N7O2. The molecule has 2 aliphatic heterocycles. The number of aromatic nitrogens is 2. The van der Waals surface area contributed by atoms with Crippen LogP contribution in [0.15, 0.2) is 89.2 Å². The fraction of sp³-hybridized carbons (Fsp3) is 0.233. The number of anilines is 1. The van der Waals surface area contributed by atoms with Crippen LogP contribution in [0.3, 0.4) is 0 Å². The molecule has 0 spiro atoms. The van der Waals surface area contributed by atoms with Gasteiger partial charge in [-0.1, -0.05) is 56.0 Å². The Kier molecular flexibility index (Phi) is 7.60. The zero-order valence-corrected chi connectivity index (χ0v) is 22.1. The number of benzene rings is 2. The molecule has 1 amide bonds. The molecule has 3 heterocycles. The molecule has 2 aromatic carbocycles. The minimum absolute atomic E-state index is 0.000248. The van der Waals surface area contributed by atoms with Crippen LogP contribution in [0.1, 0.15) is 35.0 Å². The van der Waals surface area contributed by atoms with Crippen LogP contribution in [0.4, 0.5) is 17.1 Å². The lowest BCUT2D eigenvalue weighted by atomic mass is 10.1. The number of nitrogens with zero attached hydrogens (tertiary/aromatic N) is 5. The summed E-state index contributed by atoms with van der Waals surface area (Å²) < 4.78 is 1.64. The van der Waals surface area contributed by atoms with E-state index in [0.29, 0.717) is 42.3 Å². The van der Waals surface area contributed by atoms with Crippen LogP contribution in [0, 0.1) is 4.91 Å². The summed E-state index contributed by atoms with van der Waals surface area (Å²) in [6.45, 7) is 8.19. The number of fused-ring (bicyclic) bond motifs is 2. The molecule has 0 atom stereocenters. The van der Waals surface area contributed by atoms with E-state index >= 15 is 0 Å². The van der Waals surface area contributed by atoms with Crippen molar-refractivity contribution in [2.75, 3.05) is 11.4 Å². The van der Waals surface area contributed by atoms with E-state index in [9.17, 15) is 9.70 Å². The van der Waals surface area contributed by atoms with Gasteiger partial charge in [-0.05, 0) is 52.7 Å². The number of carbonyl (C=O) groups is 1. The second-order valence-corrected chi connectivity index (χ2v) is 9.38. The predicted molar refractivity (Wildman–Crippen MR) is 154 cm³/mol. The molecule has 2 aliphatic rings. The van der Waals surface area contributed by atoms with E-state index < -0.39 is 0 Å². The molecule has 0 saturated heterocycles. The number of aliphatic imine (C=N–C) groups is 1. The third-order valence-electron chi connectivity index (χ3n) is 6.78. The Labute approximate surface area is 227 Å². The van der Waals surface area contributed by atoms with Gasteiger partial charge in [0.05, 0.1) is 23.5 Å². The van der Waals surface area contributed by atoms with Gasteiger partial charge in [0.1, 0.15) is 5.69 Å². The molecular weight excluding hydrogens is 490 g/mol. The van der Waals surface area contributed by atoms with E-state index in [2.05, 4.69) is 46.5 Å². The fourth-order valence-electron chi connectivity index (χ4n) is 4.97. The number of carbonyl (C=O) groups excluding carboxylic acids is 1. The van der Waals surface area contributed by atoms with Crippen LogP contribution in [0.2, 0.25) is 0 Å². The van der Waals surface area contributed by atoms with Gasteiger partial charge < -0.3 is 10.6 Å². The molecule has 2 N–H and O–H groups in total.